The number of aromatic nitrogens is 3. The van der Waals surface area contributed by atoms with Crippen LogP contribution in [0.5, 0.6) is 5.88 Å². The molecule has 1 unspecified atom stereocenters. The van der Waals surface area contributed by atoms with Gasteiger partial charge in [-0.05, 0) is 12.5 Å². The predicted molar refractivity (Wildman–Crippen MR) is 89.6 cm³/mol. The van der Waals surface area contributed by atoms with Gasteiger partial charge in [0.1, 0.15) is 12.2 Å². The van der Waals surface area contributed by atoms with Gasteiger partial charge in [0.25, 0.3) is 0 Å². The normalized spacial score (nSPS) is 17.5. The van der Waals surface area contributed by atoms with Crippen molar-refractivity contribution < 1.29 is 4.74 Å². The Balaban J connectivity index is 1.52. The summed E-state index contributed by atoms with van der Waals surface area (Å²) in [7, 11) is 3.85. The number of likely N-dealkylation sites (tertiary alicyclic amines) is 1. The number of nitriles is 1. The summed E-state index contributed by atoms with van der Waals surface area (Å²) in [6, 6.07) is 5.52. The van der Waals surface area contributed by atoms with Crippen molar-refractivity contribution in [3.8, 4) is 11.9 Å². The minimum absolute atomic E-state index is 0.118. The number of ether oxygens (including phenoxy) is 1. The molecule has 1 aliphatic rings. The van der Waals surface area contributed by atoms with Crippen molar-refractivity contribution in [2.75, 3.05) is 32.1 Å². The van der Waals surface area contributed by atoms with E-state index in [1.54, 1.807) is 12.1 Å². The average molecular weight is 324 g/mol. The van der Waals surface area contributed by atoms with E-state index in [4.69, 9.17) is 10.00 Å². The van der Waals surface area contributed by atoms with Crippen LogP contribution < -0.4 is 9.64 Å². The van der Waals surface area contributed by atoms with Crippen LogP contribution in [0.15, 0.2) is 30.7 Å². The molecule has 0 bridgehead atoms. The maximum absolute atomic E-state index is 8.78. The highest BCUT2D eigenvalue weighted by atomic mass is 16.5. The molecule has 2 aromatic heterocycles. The van der Waals surface area contributed by atoms with Gasteiger partial charge in [0, 0.05) is 63.9 Å². The molecule has 2 aromatic rings. The molecular formula is C17H20N6O. The van der Waals surface area contributed by atoms with Gasteiger partial charge in [0.2, 0.25) is 11.8 Å². The molecule has 0 aromatic carbocycles. The van der Waals surface area contributed by atoms with Crippen LogP contribution in [0.1, 0.15) is 17.5 Å². The van der Waals surface area contributed by atoms with E-state index in [-0.39, 0.29) is 6.10 Å². The van der Waals surface area contributed by atoms with Crippen LogP contribution in [-0.4, -0.2) is 53.1 Å². The van der Waals surface area contributed by atoms with Crippen molar-refractivity contribution in [3.05, 3.63) is 41.9 Å². The van der Waals surface area contributed by atoms with Crippen LogP contribution in [0.25, 0.3) is 0 Å². The van der Waals surface area contributed by atoms with Gasteiger partial charge < -0.3 is 9.64 Å². The lowest BCUT2D eigenvalue weighted by atomic mass is 10.3. The van der Waals surface area contributed by atoms with Crippen LogP contribution in [0.2, 0.25) is 0 Å². The first-order valence-corrected chi connectivity index (χ1v) is 7.87. The molecule has 0 radical (unpaired) electrons. The first-order chi connectivity index (χ1) is 11.6. The molecule has 0 N–H and O–H groups in total. The average Bonchev–Trinajstić information content (AvgIpc) is 3.03. The van der Waals surface area contributed by atoms with Gasteiger partial charge in [-0.25, -0.2) is 15.0 Å². The molecule has 24 heavy (non-hydrogen) atoms. The lowest BCUT2D eigenvalue weighted by Crippen LogP contribution is -2.25. The fourth-order valence-corrected chi connectivity index (χ4v) is 2.64. The smallest absolute Gasteiger partial charge is 0.224 e. The molecule has 0 aliphatic carbocycles. The summed E-state index contributed by atoms with van der Waals surface area (Å²) in [6.07, 6.45) is 6.36. The summed E-state index contributed by atoms with van der Waals surface area (Å²) in [6.45, 7) is 2.63. The maximum atomic E-state index is 8.78. The first-order valence-electron chi connectivity index (χ1n) is 7.87. The number of nitrogens with zero attached hydrogens (tertiary/aromatic N) is 6. The van der Waals surface area contributed by atoms with Gasteiger partial charge >= 0.3 is 0 Å². The number of pyridine rings is 1. The zero-order valence-electron chi connectivity index (χ0n) is 13.9. The SMILES string of the molecule is CN(C)c1ncc(CN2CCC(Oc3ccc(C#N)cn3)C2)cn1. The Morgan fingerprint density at radius 1 is 1.25 bits per heavy atom. The number of hydrogen-bond donors (Lipinski definition) is 0. The van der Waals surface area contributed by atoms with Crippen molar-refractivity contribution in [2.45, 2.75) is 19.1 Å². The van der Waals surface area contributed by atoms with Crippen molar-refractivity contribution in [1.29, 1.82) is 5.26 Å². The lowest BCUT2D eigenvalue weighted by molar-refractivity contribution is 0.191. The second-order valence-corrected chi connectivity index (χ2v) is 6.05. The van der Waals surface area contributed by atoms with E-state index in [1.165, 1.54) is 6.20 Å². The molecule has 0 saturated carbocycles. The minimum Gasteiger partial charge on any atom is -0.473 e. The quantitative estimate of drug-likeness (QED) is 0.824. The lowest BCUT2D eigenvalue weighted by Gasteiger charge is -2.17. The number of rotatable bonds is 5. The van der Waals surface area contributed by atoms with Gasteiger partial charge in [0.05, 0.1) is 5.56 Å². The van der Waals surface area contributed by atoms with E-state index < -0.39 is 0 Å². The van der Waals surface area contributed by atoms with Crippen molar-refractivity contribution >= 4 is 5.95 Å². The molecule has 7 nitrogen and oxygen atoms in total. The molecule has 3 heterocycles. The Kier molecular flexibility index (Phi) is 4.87. The zero-order valence-corrected chi connectivity index (χ0v) is 13.9. The summed E-state index contributed by atoms with van der Waals surface area (Å²) in [5, 5.41) is 8.78. The van der Waals surface area contributed by atoms with Gasteiger partial charge in [-0.15, -0.1) is 0 Å². The first kappa shape index (κ1) is 16.1. The third kappa shape index (κ3) is 3.97. The van der Waals surface area contributed by atoms with E-state index in [0.717, 1.165) is 31.6 Å². The highest BCUT2D eigenvalue weighted by molar-refractivity contribution is 5.28. The van der Waals surface area contributed by atoms with Gasteiger partial charge in [-0.1, -0.05) is 0 Å². The molecule has 1 saturated heterocycles. The molecule has 3 rings (SSSR count). The zero-order chi connectivity index (χ0) is 16.9. The molecule has 1 fully saturated rings. The maximum Gasteiger partial charge on any atom is 0.224 e. The minimum atomic E-state index is 0.118. The summed E-state index contributed by atoms with van der Waals surface area (Å²) >= 11 is 0. The van der Waals surface area contributed by atoms with E-state index in [1.807, 2.05) is 31.4 Å². The summed E-state index contributed by atoms with van der Waals surface area (Å²) in [5.74, 6) is 1.28. The Morgan fingerprint density at radius 3 is 2.67 bits per heavy atom. The Bertz CT molecular complexity index is 707. The highest BCUT2D eigenvalue weighted by Crippen LogP contribution is 2.18. The van der Waals surface area contributed by atoms with Gasteiger partial charge in [0.15, 0.2) is 0 Å². The standard InChI is InChI=1S/C17H20N6O/c1-22(2)17-20-9-14(10-21-17)11-23-6-5-15(12-23)24-16-4-3-13(7-18)8-19-16/h3-4,8-10,15H,5-6,11-12H2,1-2H3. The largest absolute Gasteiger partial charge is 0.473 e. The van der Waals surface area contributed by atoms with Crippen molar-refractivity contribution in [3.63, 3.8) is 0 Å². The monoisotopic (exact) mass is 324 g/mol. The fourth-order valence-electron chi connectivity index (χ4n) is 2.64. The Morgan fingerprint density at radius 2 is 2.04 bits per heavy atom. The van der Waals surface area contributed by atoms with Crippen molar-refractivity contribution in [2.24, 2.45) is 0 Å². The van der Waals surface area contributed by atoms with Gasteiger partial charge in [-0.3, -0.25) is 4.90 Å². The van der Waals surface area contributed by atoms with Gasteiger partial charge in [-0.2, -0.15) is 5.26 Å². The van der Waals surface area contributed by atoms with Crippen LogP contribution >= 0.6 is 0 Å². The molecular weight excluding hydrogens is 304 g/mol. The van der Waals surface area contributed by atoms with Crippen LogP contribution in [0, 0.1) is 11.3 Å². The molecule has 1 aliphatic heterocycles. The fraction of sp³-hybridized carbons (Fsp3) is 0.412. The second-order valence-electron chi connectivity index (χ2n) is 6.05. The summed E-state index contributed by atoms with van der Waals surface area (Å²) in [5.41, 5.74) is 1.63. The van der Waals surface area contributed by atoms with Crippen molar-refractivity contribution in [1.82, 2.24) is 19.9 Å². The number of anilines is 1. The Labute approximate surface area is 141 Å². The third-order valence-corrected chi connectivity index (χ3v) is 3.88. The molecule has 7 heteroatoms. The number of hydrogen-bond acceptors (Lipinski definition) is 7. The van der Waals surface area contributed by atoms with Crippen LogP contribution in [-0.2, 0) is 6.54 Å². The van der Waals surface area contributed by atoms with E-state index in [2.05, 4.69) is 25.9 Å². The van der Waals surface area contributed by atoms with E-state index >= 15 is 0 Å². The summed E-state index contributed by atoms with van der Waals surface area (Å²) < 4.78 is 5.89. The highest BCUT2D eigenvalue weighted by Gasteiger charge is 2.24. The molecule has 0 amide bonds. The topological polar surface area (TPSA) is 78.2 Å². The summed E-state index contributed by atoms with van der Waals surface area (Å²) in [4.78, 5) is 17.1. The van der Waals surface area contributed by atoms with E-state index in [9.17, 15) is 0 Å². The van der Waals surface area contributed by atoms with Crippen LogP contribution in [0.4, 0.5) is 5.95 Å². The second kappa shape index (κ2) is 7.23. The Hall–Kier alpha value is -2.72. The molecule has 0 spiro atoms. The van der Waals surface area contributed by atoms with E-state index in [0.29, 0.717) is 17.4 Å². The molecule has 124 valence electrons. The molecule has 1 atom stereocenters. The van der Waals surface area contributed by atoms with Crippen LogP contribution in [0.3, 0.4) is 0 Å². The predicted octanol–water partition coefficient (Wildman–Crippen LogP) is 1.46. The third-order valence-electron chi connectivity index (χ3n) is 3.88.